The van der Waals surface area contributed by atoms with Crippen molar-refractivity contribution in [3.8, 4) is 0 Å². The van der Waals surface area contributed by atoms with Crippen molar-refractivity contribution in [3.63, 3.8) is 0 Å². The van der Waals surface area contributed by atoms with Crippen LogP contribution in [0, 0.1) is 10.1 Å². The highest BCUT2D eigenvalue weighted by atomic mass is 32.2. The molecule has 6 heteroatoms. The van der Waals surface area contributed by atoms with Crippen molar-refractivity contribution >= 4 is 23.4 Å². The lowest BCUT2D eigenvalue weighted by atomic mass is 10.1. The number of hydrogen-bond donors (Lipinski definition) is 1. The van der Waals surface area contributed by atoms with E-state index in [1.165, 1.54) is 17.8 Å². The standard InChI is InChI=1S/C14H20N2O3S/c1-3-4-8-15-14(17)10-20-11(2)12-6-5-7-13(9-12)16(18)19/h5-7,9,11H,3-4,8,10H2,1-2H3,(H,15,17). The summed E-state index contributed by atoms with van der Waals surface area (Å²) in [6.45, 7) is 4.73. The first-order valence-corrected chi connectivity index (χ1v) is 7.72. The smallest absolute Gasteiger partial charge is 0.269 e. The number of non-ortho nitro benzene ring substituents is 1. The van der Waals surface area contributed by atoms with Gasteiger partial charge >= 0.3 is 0 Å². The molecule has 0 aliphatic heterocycles. The molecule has 0 fully saturated rings. The first-order chi connectivity index (χ1) is 9.54. The number of benzene rings is 1. The molecule has 5 nitrogen and oxygen atoms in total. The summed E-state index contributed by atoms with van der Waals surface area (Å²) in [7, 11) is 0. The summed E-state index contributed by atoms with van der Waals surface area (Å²) in [5.74, 6) is 0.383. The predicted molar refractivity (Wildman–Crippen MR) is 81.9 cm³/mol. The van der Waals surface area contributed by atoms with Crippen LogP contribution in [0.3, 0.4) is 0 Å². The van der Waals surface area contributed by atoms with Crippen LogP contribution >= 0.6 is 11.8 Å². The Bertz CT molecular complexity index is 465. The zero-order valence-corrected chi connectivity index (χ0v) is 12.6. The van der Waals surface area contributed by atoms with Crippen molar-refractivity contribution < 1.29 is 9.72 Å². The summed E-state index contributed by atoms with van der Waals surface area (Å²) >= 11 is 1.48. The third-order valence-electron chi connectivity index (χ3n) is 2.87. The van der Waals surface area contributed by atoms with Crippen molar-refractivity contribution in [2.45, 2.75) is 31.9 Å². The Labute approximate surface area is 123 Å². The van der Waals surface area contributed by atoms with Crippen LogP contribution in [0.2, 0.25) is 0 Å². The van der Waals surface area contributed by atoms with Gasteiger partial charge in [-0.15, -0.1) is 11.8 Å². The maximum absolute atomic E-state index is 11.6. The summed E-state index contributed by atoms with van der Waals surface area (Å²) in [5.41, 5.74) is 0.952. The van der Waals surface area contributed by atoms with Gasteiger partial charge in [0.25, 0.3) is 5.69 Å². The Kier molecular flexibility index (Phi) is 7.08. The molecule has 20 heavy (non-hydrogen) atoms. The van der Waals surface area contributed by atoms with Gasteiger partial charge in [-0.05, 0) is 18.9 Å². The third kappa shape index (κ3) is 5.61. The topological polar surface area (TPSA) is 72.2 Å². The first-order valence-electron chi connectivity index (χ1n) is 6.67. The van der Waals surface area contributed by atoms with Crippen molar-refractivity contribution in [1.82, 2.24) is 5.32 Å². The van der Waals surface area contributed by atoms with Crippen LogP contribution in [0.4, 0.5) is 5.69 Å². The third-order valence-corrected chi connectivity index (χ3v) is 4.07. The first kappa shape index (κ1) is 16.5. The molecule has 0 saturated carbocycles. The van der Waals surface area contributed by atoms with Crippen LogP contribution in [-0.4, -0.2) is 23.1 Å². The van der Waals surface area contributed by atoms with Gasteiger partial charge in [0.1, 0.15) is 0 Å². The molecule has 1 rings (SSSR count). The lowest BCUT2D eigenvalue weighted by Crippen LogP contribution is -2.26. The fraction of sp³-hybridized carbons (Fsp3) is 0.500. The highest BCUT2D eigenvalue weighted by Crippen LogP contribution is 2.29. The summed E-state index contributed by atoms with van der Waals surface area (Å²) in [6, 6.07) is 6.55. The highest BCUT2D eigenvalue weighted by Gasteiger charge is 2.12. The van der Waals surface area contributed by atoms with Gasteiger partial charge in [0.05, 0.1) is 10.7 Å². The van der Waals surface area contributed by atoms with Gasteiger partial charge in [0.15, 0.2) is 0 Å². The van der Waals surface area contributed by atoms with Gasteiger partial charge in [-0.1, -0.05) is 25.5 Å². The quantitative estimate of drug-likeness (QED) is 0.454. The molecule has 110 valence electrons. The molecular weight excluding hydrogens is 276 g/mol. The van der Waals surface area contributed by atoms with Crippen LogP contribution in [0.1, 0.15) is 37.5 Å². The van der Waals surface area contributed by atoms with Gasteiger partial charge in [-0.3, -0.25) is 14.9 Å². The zero-order valence-electron chi connectivity index (χ0n) is 11.8. The second kappa shape index (κ2) is 8.58. The number of nitro benzene ring substituents is 1. The molecule has 0 radical (unpaired) electrons. The van der Waals surface area contributed by atoms with Crippen LogP contribution in [0.25, 0.3) is 0 Å². The van der Waals surface area contributed by atoms with Crippen molar-refractivity contribution in [2.24, 2.45) is 0 Å². The van der Waals surface area contributed by atoms with Crippen LogP contribution in [0.15, 0.2) is 24.3 Å². The Hall–Kier alpha value is -1.56. The van der Waals surface area contributed by atoms with Gasteiger partial charge in [0.2, 0.25) is 5.91 Å². The fourth-order valence-corrected chi connectivity index (χ4v) is 2.49. The van der Waals surface area contributed by atoms with Crippen LogP contribution < -0.4 is 5.32 Å². The van der Waals surface area contributed by atoms with Crippen molar-refractivity contribution in [2.75, 3.05) is 12.3 Å². The predicted octanol–water partition coefficient (Wildman–Crippen LogP) is 3.31. The van der Waals surface area contributed by atoms with E-state index in [4.69, 9.17) is 0 Å². The van der Waals surface area contributed by atoms with E-state index in [-0.39, 0.29) is 16.8 Å². The summed E-state index contributed by atoms with van der Waals surface area (Å²) in [6.07, 6.45) is 2.04. The molecule has 1 unspecified atom stereocenters. The summed E-state index contributed by atoms with van der Waals surface area (Å²) < 4.78 is 0. The molecule has 0 aliphatic rings. The maximum Gasteiger partial charge on any atom is 0.269 e. The molecule has 1 amide bonds. The number of thioether (sulfide) groups is 1. The zero-order chi connectivity index (χ0) is 15.0. The molecule has 1 aromatic carbocycles. The number of unbranched alkanes of at least 4 members (excludes halogenated alkanes) is 1. The second-order valence-electron chi connectivity index (χ2n) is 4.51. The van der Waals surface area contributed by atoms with E-state index in [0.29, 0.717) is 12.3 Å². The molecule has 1 atom stereocenters. The van der Waals surface area contributed by atoms with E-state index < -0.39 is 4.92 Å². The van der Waals surface area contributed by atoms with E-state index in [1.54, 1.807) is 12.1 Å². The molecule has 0 heterocycles. The van der Waals surface area contributed by atoms with E-state index in [1.807, 2.05) is 13.0 Å². The molecule has 1 aromatic rings. The van der Waals surface area contributed by atoms with Crippen molar-refractivity contribution in [1.29, 1.82) is 0 Å². The SMILES string of the molecule is CCCCNC(=O)CSC(C)c1cccc([N+](=O)[O-])c1. The second-order valence-corrected chi connectivity index (χ2v) is 5.84. The molecule has 0 bridgehead atoms. The Morgan fingerprint density at radius 2 is 2.25 bits per heavy atom. The number of carbonyl (C=O) groups excluding carboxylic acids is 1. The molecule has 0 aromatic heterocycles. The van der Waals surface area contributed by atoms with E-state index in [9.17, 15) is 14.9 Å². The minimum Gasteiger partial charge on any atom is -0.355 e. The summed E-state index contributed by atoms with van der Waals surface area (Å²) in [5, 5.41) is 13.6. The molecule has 0 saturated heterocycles. The average Bonchev–Trinajstić information content (AvgIpc) is 2.45. The number of nitrogens with one attached hydrogen (secondary N) is 1. The highest BCUT2D eigenvalue weighted by molar-refractivity contribution is 8.00. The van der Waals surface area contributed by atoms with Crippen molar-refractivity contribution in [3.05, 3.63) is 39.9 Å². The fourth-order valence-electron chi connectivity index (χ4n) is 1.64. The van der Waals surface area contributed by atoms with E-state index in [0.717, 1.165) is 18.4 Å². The largest absolute Gasteiger partial charge is 0.355 e. The Balaban J connectivity index is 2.46. The molecule has 0 spiro atoms. The minimum atomic E-state index is -0.404. The molecule has 0 aliphatic carbocycles. The minimum absolute atomic E-state index is 0.0146. The number of nitro groups is 1. The number of amides is 1. The van der Waals surface area contributed by atoms with Crippen LogP contribution in [-0.2, 0) is 4.79 Å². The van der Waals surface area contributed by atoms with Gasteiger partial charge < -0.3 is 5.32 Å². The summed E-state index contributed by atoms with van der Waals surface area (Å²) in [4.78, 5) is 21.9. The molecular formula is C14H20N2O3S. The number of hydrogen-bond acceptors (Lipinski definition) is 4. The number of nitrogens with zero attached hydrogens (tertiary/aromatic N) is 1. The number of carbonyl (C=O) groups is 1. The maximum atomic E-state index is 11.6. The van der Waals surface area contributed by atoms with E-state index in [2.05, 4.69) is 12.2 Å². The monoisotopic (exact) mass is 296 g/mol. The average molecular weight is 296 g/mol. The van der Waals surface area contributed by atoms with Gasteiger partial charge in [0, 0.05) is 23.9 Å². The van der Waals surface area contributed by atoms with Gasteiger partial charge in [-0.25, -0.2) is 0 Å². The Morgan fingerprint density at radius 1 is 1.50 bits per heavy atom. The number of rotatable bonds is 8. The normalized spacial score (nSPS) is 11.9. The lowest BCUT2D eigenvalue weighted by molar-refractivity contribution is -0.384. The van der Waals surface area contributed by atoms with E-state index >= 15 is 0 Å². The molecule has 1 N–H and O–H groups in total. The van der Waals surface area contributed by atoms with Gasteiger partial charge in [-0.2, -0.15) is 0 Å². The van der Waals surface area contributed by atoms with Crippen LogP contribution in [0.5, 0.6) is 0 Å². The Morgan fingerprint density at radius 3 is 2.90 bits per heavy atom. The lowest BCUT2D eigenvalue weighted by Gasteiger charge is -2.11.